The number of carbonyl (C=O) groups excluding carboxylic acids is 2. The third kappa shape index (κ3) is 3.75. The van der Waals surface area contributed by atoms with Crippen LogP contribution >= 0.6 is 0 Å². The number of furan rings is 1. The molecule has 7 heteroatoms. The van der Waals surface area contributed by atoms with Crippen molar-refractivity contribution in [3.05, 3.63) is 36.5 Å². The Kier molecular flexibility index (Phi) is 4.29. The molecule has 0 unspecified atom stereocenters. The molecule has 132 valence electrons. The summed E-state index contributed by atoms with van der Waals surface area (Å²) in [5.74, 6) is 0.908. The SMILES string of the molecule is O=C(Cn1cc(NC(=O)[C@H]2C[C@H]2c2ccco2)cn1)NC1CCCC1. The fourth-order valence-corrected chi connectivity index (χ4v) is 3.54. The maximum absolute atomic E-state index is 12.3. The zero-order valence-electron chi connectivity index (χ0n) is 14.0. The number of nitrogens with zero attached hydrogens (tertiary/aromatic N) is 2. The maximum Gasteiger partial charge on any atom is 0.241 e. The fourth-order valence-electron chi connectivity index (χ4n) is 3.54. The number of carbonyl (C=O) groups is 2. The van der Waals surface area contributed by atoms with Gasteiger partial charge in [0.2, 0.25) is 11.8 Å². The average Bonchev–Trinajstić information content (AvgIpc) is 3.03. The highest BCUT2D eigenvalue weighted by Gasteiger charge is 2.45. The van der Waals surface area contributed by atoms with Crippen molar-refractivity contribution < 1.29 is 14.0 Å². The van der Waals surface area contributed by atoms with Crippen LogP contribution in [0.15, 0.2) is 35.2 Å². The molecular weight excluding hydrogens is 320 g/mol. The summed E-state index contributed by atoms with van der Waals surface area (Å²) in [5, 5.41) is 10.1. The monoisotopic (exact) mass is 342 g/mol. The van der Waals surface area contributed by atoms with E-state index in [2.05, 4.69) is 15.7 Å². The third-order valence-electron chi connectivity index (χ3n) is 4.96. The summed E-state index contributed by atoms with van der Waals surface area (Å²) < 4.78 is 6.90. The van der Waals surface area contributed by atoms with Gasteiger partial charge in [-0.2, -0.15) is 5.10 Å². The van der Waals surface area contributed by atoms with Gasteiger partial charge < -0.3 is 15.1 Å². The van der Waals surface area contributed by atoms with Gasteiger partial charge in [0, 0.05) is 24.1 Å². The average molecular weight is 342 g/mol. The number of hydrogen-bond donors (Lipinski definition) is 2. The minimum atomic E-state index is -0.0554. The van der Waals surface area contributed by atoms with Gasteiger partial charge >= 0.3 is 0 Å². The van der Waals surface area contributed by atoms with E-state index in [1.165, 1.54) is 12.8 Å². The molecule has 2 N–H and O–H groups in total. The van der Waals surface area contributed by atoms with Crippen LogP contribution in [0, 0.1) is 5.92 Å². The van der Waals surface area contributed by atoms with Crippen molar-refractivity contribution in [1.82, 2.24) is 15.1 Å². The van der Waals surface area contributed by atoms with E-state index in [-0.39, 0.29) is 30.2 Å². The lowest BCUT2D eigenvalue weighted by Crippen LogP contribution is -2.35. The van der Waals surface area contributed by atoms with Gasteiger partial charge in [-0.05, 0) is 31.4 Å². The number of amides is 2. The van der Waals surface area contributed by atoms with Crippen molar-refractivity contribution in [2.24, 2.45) is 5.92 Å². The second-order valence-electron chi connectivity index (χ2n) is 6.93. The van der Waals surface area contributed by atoms with Crippen LogP contribution in [0.25, 0.3) is 0 Å². The summed E-state index contributed by atoms with van der Waals surface area (Å²) in [5.41, 5.74) is 0.615. The predicted molar refractivity (Wildman–Crippen MR) is 90.8 cm³/mol. The van der Waals surface area contributed by atoms with Crippen LogP contribution in [0.1, 0.15) is 43.8 Å². The molecule has 0 spiro atoms. The Bertz CT molecular complexity index is 746. The molecule has 2 saturated carbocycles. The maximum atomic E-state index is 12.3. The van der Waals surface area contributed by atoms with Crippen molar-refractivity contribution in [1.29, 1.82) is 0 Å². The Morgan fingerprint density at radius 2 is 2.16 bits per heavy atom. The Morgan fingerprint density at radius 1 is 1.32 bits per heavy atom. The van der Waals surface area contributed by atoms with E-state index in [0.717, 1.165) is 25.0 Å². The van der Waals surface area contributed by atoms with Crippen LogP contribution in [0.5, 0.6) is 0 Å². The molecule has 2 heterocycles. The molecular formula is C18H22N4O3. The van der Waals surface area contributed by atoms with Crippen molar-refractivity contribution in [2.75, 3.05) is 5.32 Å². The lowest BCUT2D eigenvalue weighted by Gasteiger charge is -2.11. The Labute approximate surface area is 145 Å². The molecule has 2 aromatic rings. The standard InChI is InChI=1S/C18H22N4O3/c23-17(20-12-4-1-2-5-12)11-22-10-13(9-19-22)21-18(24)15-8-14(15)16-6-3-7-25-16/h3,6-7,9-10,12,14-15H,1-2,4-5,8,11H2,(H,20,23)(H,21,24)/t14-,15+/m1/s1. The lowest BCUT2D eigenvalue weighted by molar-refractivity contribution is -0.122. The highest BCUT2D eigenvalue weighted by molar-refractivity contribution is 5.94. The van der Waals surface area contributed by atoms with Crippen molar-refractivity contribution in [2.45, 2.75) is 50.6 Å². The first-order valence-electron chi connectivity index (χ1n) is 8.85. The number of anilines is 1. The number of rotatable bonds is 6. The first kappa shape index (κ1) is 15.9. The van der Waals surface area contributed by atoms with Gasteiger partial charge in [0.25, 0.3) is 0 Å². The van der Waals surface area contributed by atoms with Crippen LogP contribution in [0.4, 0.5) is 5.69 Å². The molecule has 2 aromatic heterocycles. The van der Waals surface area contributed by atoms with Gasteiger partial charge in [0.1, 0.15) is 12.3 Å². The highest BCUT2D eigenvalue weighted by Crippen LogP contribution is 2.48. The zero-order chi connectivity index (χ0) is 17.2. The zero-order valence-corrected chi connectivity index (χ0v) is 14.0. The van der Waals surface area contributed by atoms with Crippen molar-refractivity contribution >= 4 is 17.5 Å². The molecule has 25 heavy (non-hydrogen) atoms. The molecule has 2 aliphatic carbocycles. The molecule has 0 bridgehead atoms. The van der Waals surface area contributed by atoms with E-state index in [0.29, 0.717) is 11.7 Å². The lowest BCUT2D eigenvalue weighted by atomic mass is 10.2. The summed E-state index contributed by atoms with van der Waals surface area (Å²) in [6, 6.07) is 4.04. The van der Waals surface area contributed by atoms with E-state index in [1.807, 2.05) is 12.1 Å². The van der Waals surface area contributed by atoms with Crippen LogP contribution in [-0.2, 0) is 16.1 Å². The molecule has 0 saturated heterocycles. The number of aromatic nitrogens is 2. The summed E-state index contributed by atoms with van der Waals surface area (Å²) >= 11 is 0. The normalized spacial score (nSPS) is 22.7. The molecule has 0 aromatic carbocycles. The van der Waals surface area contributed by atoms with Gasteiger partial charge in [0.15, 0.2) is 0 Å². The van der Waals surface area contributed by atoms with Gasteiger partial charge in [-0.15, -0.1) is 0 Å². The molecule has 4 rings (SSSR count). The van der Waals surface area contributed by atoms with Gasteiger partial charge in [-0.3, -0.25) is 14.3 Å². The quantitative estimate of drug-likeness (QED) is 0.843. The second kappa shape index (κ2) is 6.74. The van der Waals surface area contributed by atoms with Gasteiger partial charge in [0.05, 0.1) is 18.1 Å². The van der Waals surface area contributed by atoms with E-state index < -0.39 is 0 Å². The smallest absolute Gasteiger partial charge is 0.241 e. The minimum absolute atomic E-state index is 0.0312. The topological polar surface area (TPSA) is 89.2 Å². The fraction of sp³-hybridized carbons (Fsp3) is 0.500. The first-order valence-corrected chi connectivity index (χ1v) is 8.85. The predicted octanol–water partition coefficient (Wildman–Crippen LogP) is 2.28. The molecule has 2 atom stereocenters. The Balaban J connectivity index is 1.26. The van der Waals surface area contributed by atoms with Crippen LogP contribution < -0.4 is 10.6 Å². The molecule has 2 aliphatic rings. The van der Waals surface area contributed by atoms with Crippen LogP contribution in [0.3, 0.4) is 0 Å². The molecule has 0 aliphatic heterocycles. The summed E-state index contributed by atoms with van der Waals surface area (Å²) in [6.07, 6.45) is 10.2. The number of hydrogen-bond acceptors (Lipinski definition) is 4. The summed E-state index contributed by atoms with van der Waals surface area (Å²) in [7, 11) is 0. The van der Waals surface area contributed by atoms with E-state index in [9.17, 15) is 9.59 Å². The minimum Gasteiger partial charge on any atom is -0.469 e. The van der Waals surface area contributed by atoms with E-state index in [1.54, 1.807) is 23.3 Å². The molecule has 7 nitrogen and oxygen atoms in total. The third-order valence-corrected chi connectivity index (χ3v) is 4.96. The van der Waals surface area contributed by atoms with Gasteiger partial charge in [-0.25, -0.2) is 0 Å². The Morgan fingerprint density at radius 3 is 2.92 bits per heavy atom. The van der Waals surface area contributed by atoms with Gasteiger partial charge in [-0.1, -0.05) is 12.8 Å². The van der Waals surface area contributed by atoms with E-state index >= 15 is 0 Å². The second-order valence-corrected chi connectivity index (χ2v) is 6.93. The molecule has 0 radical (unpaired) electrons. The van der Waals surface area contributed by atoms with E-state index in [4.69, 9.17) is 4.42 Å². The van der Waals surface area contributed by atoms with Crippen LogP contribution in [0.2, 0.25) is 0 Å². The van der Waals surface area contributed by atoms with Crippen molar-refractivity contribution in [3.63, 3.8) is 0 Å². The summed E-state index contributed by atoms with van der Waals surface area (Å²) in [4.78, 5) is 24.3. The molecule has 2 amide bonds. The van der Waals surface area contributed by atoms with Crippen LogP contribution in [-0.4, -0.2) is 27.6 Å². The molecule has 2 fully saturated rings. The Hall–Kier alpha value is -2.57. The largest absolute Gasteiger partial charge is 0.469 e. The highest BCUT2D eigenvalue weighted by atomic mass is 16.3. The summed E-state index contributed by atoms with van der Waals surface area (Å²) in [6.45, 7) is 0.171. The first-order chi connectivity index (χ1) is 12.2. The number of nitrogens with one attached hydrogen (secondary N) is 2. The van der Waals surface area contributed by atoms with Crippen molar-refractivity contribution in [3.8, 4) is 0 Å².